The second-order valence-electron chi connectivity index (χ2n) is 5.45. The van der Waals surface area contributed by atoms with Gasteiger partial charge in [-0.3, -0.25) is 4.79 Å². The van der Waals surface area contributed by atoms with Crippen LogP contribution in [0.1, 0.15) is 43.0 Å². The monoisotopic (exact) mass is 398 g/mol. The van der Waals surface area contributed by atoms with E-state index >= 15 is 0 Å². The molecule has 0 spiro atoms. The van der Waals surface area contributed by atoms with Crippen LogP contribution < -0.4 is 5.32 Å². The molecule has 5 heteroatoms. The molecule has 1 saturated carbocycles. The normalized spacial score (nSPS) is 25.8. The van der Waals surface area contributed by atoms with Crippen LogP contribution in [0.25, 0.3) is 0 Å². The first-order chi connectivity index (χ1) is 9.46. The highest BCUT2D eigenvalue weighted by atomic mass is 79.9. The van der Waals surface area contributed by atoms with Gasteiger partial charge in [-0.1, -0.05) is 22.9 Å². The van der Waals surface area contributed by atoms with Crippen molar-refractivity contribution in [3.63, 3.8) is 0 Å². The number of nitriles is 1. The first-order valence-corrected chi connectivity index (χ1v) is 8.23. The van der Waals surface area contributed by atoms with Crippen molar-refractivity contribution in [3.8, 4) is 6.07 Å². The zero-order valence-corrected chi connectivity index (χ0v) is 14.4. The smallest absolute Gasteiger partial charge is 0.253 e. The summed E-state index contributed by atoms with van der Waals surface area (Å²) in [4.78, 5) is 12.4. The van der Waals surface area contributed by atoms with Crippen molar-refractivity contribution in [1.82, 2.24) is 5.32 Å². The SMILES string of the molecule is CC1CCC(C#N)(NC(=O)c2cc(Br)ccc2Br)CC1. The standard InChI is InChI=1S/C15H16Br2N2O/c1-10-4-6-15(9-18,7-5-10)19-14(20)12-8-11(16)2-3-13(12)17/h2-3,8,10H,4-7H2,1H3,(H,19,20). The molecule has 1 fully saturated rings. The molecule has 0 atom stereocenters. The van der Waals surface area contributed by atoms with Crippen molar-refractivity contribution < 1.29 is 4.79 Å². The summed E-state index contributed by atoms with van der Waals surface area (Å²) in [5.41, 5.74) is -0.168. The molecule has 0 heterocycles. The third-order valence-electron chi connectivity index (χ3n) is 3.87. The second kappa shape index (κ2) is 6.28. The number of carbonyl (C=O) groups excluding carboxylic acids is 1. The van der Waals surface area contributed by atoms with E-state index < -0.39 is 5.54 Å². The number of nitrogens with one attached hydrogen (secondary N) is 1. The van der Waals surface area contributed by atoms with Gasteiger partial charge in [-0.15, -0.1) is 0 Å². The number of halogens is 2. The first-order valence-electron chi connectivity index (χ1n) is 6.64. The van der Waals surface area contributed by atoms with Crippen LogP contribution in [0.4, 0.5) is 0 Å². The van der Waals surface area contributed by atoms with Gasteiger partial charge in [-0.25, -0.2) is 0 Å². The predicted octanol–water partition coefficient (Wildman–Crippen LogP) is 4.41. The number of hydrogen-bond donors (Lipinski definition) is 1. The van der Waals surface area contributed by atoms with E-state index in [1.54, 1.807) is 6.07 Å². The van der Waals surface area contributed by atoms with Crippen molar-refractivity contribution in [2.75, 3.05) is 0 Å². The van der Waals surface area contributed by atoms with Crippen molar-refractivity contribution in [3.05, 3.63) is 32.7 Å². The molecule has 0 unspecified atom stereocenters. The van der Waals surface area contributed by atoms with Crippen molar-refractivity contribution in [2.45, 2.75) is 38.1 Å². The summed E-state index contributed by atoms with van der Waals surface area (Å²) in [6.45, 7) is 2.19. The summed E-state index contributed by atoms with van der Waals surface area (Å²) in [6, 6.07) is 7.76. The van der Waals surface area contributed by atoms with Crippen LogP contribution in [0.5, 0.6) is 0 Å². The Labute approximate surface area is 136 Å². The van der Waals surface area contributed by atoms with Crippen LogP contribution in [-0.2, 0) is 0 Å². The van der Waals surface area contributed by atoms with Crippen LogP contribution in [-0.4, -0.2) is 11.4 Å². The molecule has 106 valence electrons. The molecular formula is C15H16Br2N2O. The lowest BCUT2D eigenvalue weighted by molar-refractivity contribution is 0.0893. The predicted molar refractivity (Wildman–Crippen MR) is 85.3 cm³/mol. The second-order valence-corrected chi connectivity index (χ2v) is 7.22. The lowest BCUT2D eigenvalue weighted by atomic mass is 9.78. The van der Waals surface area contributed by atoms with E-state index in [0.717, 1.165) is 34.6 Å². The summed E-state index contributed by atoms with van der Waals surface area (Å²) < 4.78 is 1.57. The van der Waals surface area contributed by atoms with E-state index in [2.05, 4.69) is 50.2 Å². The molecule has 1 aliphatic rings. The van der Waals surface area contributed by atoms with Gasteiger partial charge in [0.25, 0.3) is 5.91 Å². The van der Waals surface area contributed by atoms with Gasteiger partial charge in [0.1, 0.15) is 5.54 Å². The summed E-state index contributed by atoms with van der Waals surface area (Å²) in [7, 11) is 0. The number of carbonyl (C=O) groups is 1. The first kappa shape index (κ1) is 15.5. The third-order valence-corrected chi connectivity index (χ3v) is 5.05. The number of hydrogen-bond acceptors (Lipinski definition) is 2. The fourth-order valence-corrected chi connectivity index (χ4v) is 3.26. The number of amides is 1. The lowest BCUT2D eigenvalue weighted by Crippen LogP contribution is -2.49. The fourth-order valence-electron chi connectivity index (χ4n) is 2.48. The zero-order chi connectivity index (χ0) is 14.8. The molecule has 20 heavy (non-hydrogen) atoms. The molecule has 0 bridgehead atoms. The Bertz CT molecular complexity index is 557. The number of rotatable bonds is 2. The molecule has 3 nitrogen and oxygen atoms in total. The summed E-state index contributed by atoms with van der Waals surface area (Å²) >= 11 is 6.74. The van der Waals surface area contributed by atoms with Crippen LogP contribution >= 0.6 is 31.9 Å². The van der Waals surface area contributed by atoms with Gasteiger partial charge in [0.2, 0.25) is 0 Å². The van der Waals surface area contributed by atoms with Gasteiger partial charge in [0.15, 0.2) is 0 Å². The van der Waals surface area contributed by atoms with E-state index in [4.69, 9.17) is 0 Å². The zero-order valence-electron chi connectivity index (χ0n) is 11.2. The number of benzene rings is 1. The van der Waals surface area contributed by atoms with Crippen molar-refractivity contribution in [1.29, 1.82) is 5.26 Å². The maximum Gasteiger partial charge on any atom is 0.253 e. The Morgan fingerprint density at radius 2 is 2.05 bits per heavy atom. The molecule has 0 aliphatic heterocycles. The van der Waals surface area contributed by atoms with Gasteiger partial charge in [0, 0.05) is 8.95 Å². The van der Waals surface area contributed by atoms with Crippen molar-refractivity contribution in [2.24, 2.45) is 5.92 Å². The quantitative estimate of drug-likeness (QED) is 0.800. The average Bonchev–Trinajstić information content (AvgIpc) is 2.44. The molecule has 0 saturated heterocycles. The van der Waals surface area contributed by atoms with E-state index in [0.29, 0.717) is 11.5 Å². The fraction of sp³-hybridized carbons (Fsp3) is 0.467. The minimum Gasteiger partial charge on any atom is -0.334 e. The minimum absolute atomic E-state index is 0.200. The Morgan fingerprint density at radius 3 is 2.65 bits per heavy atom. The van der Waals surface area contributed by atoms with E-state index in [1.807, 2.05) is 12.1 Å². The van der Waals surface area contributed by atoms with Gasteiger partial charge in [-0.2, -0.15) is 5.26 Å². The Hall–Kier alpha value is -0.860. The van der Waals surface area contributed by atoms with Crippen LogP contribution in [0.3, 0.4) is 0 Å². The van der Waals surface area contributed by atoms with E-state index in [9.17, 15) is 10.1 Å². The molecule has 1 amide bonds. The maximum atomic E-state index is 12.4. The highest BCUT2D eigenvalue weighted by molar-refractivity contribution is 9.11. The van der Waals surface area contributed by atoms with Crippen molar-refractivity contribution >= 4 is 37.8 Å². The van der Waals surface area contributed by atoms with Gasteiger partial charge in [-0.05, 0) is 65.7 Å². The van der Waals surface area contributed by atoms with Crippen LogP contribution in [0.15, 0.2) is 27.1 Å². The molecule has 1 aliphatic carbocycles. The summed E-state index contributed by atoms with van der Waals surface area (Å²) in [5, 5.41) is 12.4. The maximum absolute atomic E-state index is 12.4. The molecule has 0 radical (unpaired) electrons. The number of nitrogens with zero attached hydrogens (tertiary/aromatic N) is 1. The topological polar surface area (TPSA) is 52.9 Å². The van der Waals surface area contributed by atoms with Crippen LogP contribution in [0.2, 0.25) is 0 Å². The Balaban J connectivity index is 2.18. The summed E-state index contributed by atoms with van der Waals surface area (Å²) in [6.07, 6.45) is 3.41. The summed E-state index contributed by atoms with van der Waals surface area (Å²) in [5.74, 6) is 0.431. The molecular weight excluding hydrogens is 384 g/mol. The highest BCUT2D eigenvalue weighted by Crippen LogP contribution is 2.32. The highest BCUT2D eigenvalue weighted by Gasteiger charge is 2.36. The van der Waals surface area contributed by atoms with E-state index in [1.165, 1.54) is 0 Å². The minimum atomic E-state index is -0.717. The Morgan fingerprint density at radius 1 is 1.40 bits per heavy atom. The van der Waals surface area contributed by atoms with Gasteiger partial charge in [0.05, 0.1) is 11.6 Å². The molecule has 0 aromatic heterocycles. The largest absolute Gasteiger partial charge is 0.334 e. The van der Waals surface area contributed by atoms with Gasteiger partial charge < -0.3 is 5.32 Å². The van der Waals surface area contributed by atoms with Crippen LogP contribution in [0, 0.1) is 17.2 Å². The molecule has 2 rings (SSSR count). The average molecular weight is 400 g/mol. The third kappa shape index (κ3) is 3.42. The lowest BCUT2D eigenvalue weighted by Gasteiger charge is -2.34. The molecule has 1 aromatic carbocycles. The molecule has 1 aromatic rings. The van der Waals surface area contributed by atoms with Gasteiger partial charge >= 0.3 is 0 Å². The van der Waals surface area contributed by atoms with E-state index in [-0.39, 0.29) is 5.91 Å². The molecule has 1 N–H and O–H groups in total. The Kier molecular flexibility index (Phi) is 4.87.